The van der Waals surface area contributed by atoms with E-state index in [0.717, 1.165) is 23.4 Å². The number of likely N-dealkylation sites (tertiary alicyclic amines) is 1. The highest BCUT2D eigenvalue weighted by Crippen LogP contribution is 2.29. The molecule has 0 saturated carbocycles. The topological polar surface area (TPSA) is 55.6 Å². The van der Waals surface area contributed by atoms with E-state index in [1.165, 1.54) is 0 Å². The molecule has 1 heterocycles. The van der Waals surface area contributed by atoms with Crippen LogP contribution in [-0.2, 0) is 11.3 Å². The second-order valence-corrected chi connectivity index (χ2v) is 6.34. The molecule has 1 aromatic carbocycles. The monoisotopic (exact) mass is 290 g/mol. The molecule has 2 unspecified atom stereocenters. The molecule has 1 aliphatic heterocycles. The van der Waals surface area contributed by atoms with Crippen LogP contribution in [0.4, 0.5) is 0 Å². The van der Waals surface area contributed by atoms with E-state index in [9.17, 15) is 4.79 Å². The SMILES string of the molecule is COc1ccc(C(C)N)cc1CN1CC(C(C)C)CC1=O. The lowest BCUT2D eigenvalue weighted by atomic mass is 9.95. The summed E-state index contributed by atoms with van der Waals surface area (Å²) in [4.78, 5) is 14.1. The first-order chi connectivity index (χ1) is 9.92. The lowest BCUT2D eigenvalue weighted by molar-refractivity contribution is -0.128. The van der Waals surface area contributed by atoms with Gasteiger partial charge in [0.25, 0.3) is 0 Å². The van der Waals surface area contributed by atoms with Gasteiger partial charge in [0.2, 0.25) is 5.91 Å². The fraction of sp³-hybridized carbons (Fsp3) is 0.588. The Morgan fingerprint density at radius 2 is 2.10 bits per heavy atom. The second-order valence-electron chi connectivity index (χ2n) is 6.34. The summed E-state index contributed by atoms with van der Waals surface area (Å²) in [5.41, 5.74) is 8.05. The summed E-state index contributed by atoms with van der Waals surface area (Å²) in [6, 6.07) is 5.95. The third-order valence-electron chi connectivity index (χ3n) is 4.38. The summed E-state index contributed by atoms with van der Waals surface area (Å²) in [6.45, 7) is 7.76. The standard InChI is InChI=1S/C17H26N2O2/c1-11(2)14-8-17(20)19(9-14)10-15-7-13(12(3)18)5-6-16(15)21-4/h5-7,11-12,14H,8-10,18H2,1-4H3. The highest BCUT2D eigenvalue weighted by molar-refractivity contribution is 5.78. The molecule has 2 rings (SSSR count). The van der Waals surface area contributed by atoms with Gasteiger partial charge in [-0.3, -0.25) is 4.79 Å². The Balaban J connectivity index is 2.18. The fourth-order valence-electron chi connectivity index (χ4n) is 2.81. The molecule has 2 N–H and O–H groups in total. The number of hydrogen-bond acceptors (Lipinski definition) is 3. The minimum atomic E-state index is -0.0210. The van der Waals surface area contributed by atoms with Crippen molar-refractivity contribution in [1.82, 2.24) is 4.90 Å². The minimum Gasteiger partial charge on any atom is -0.496 e. The van der Waals surface area contributed by atoms with E-state index >= 15 is 0 Å². The molecule has 1 aliphatic rings. The van der Waals surface area contributed by atoms with Gasteiger partial charge in [-0.25, -0.2) is 0 Å². The molecule has 1 fully saturated rings. The lowest BCUT2D eigenvalue weighted by Crippen LogP contribution is -2.25. The normalized spacial score (nSPS) is 20.2. The number of carbonyl (C=O) groups excluding carboxylic acids is 1. The molecule has 0 bridgehead atoms. The van der Waals surface area contributed by atoms with Gasteiger partial charge in [-0.1, -0.05) is 19.9 Å². The summed E-state index contributed by atoms with van der Waals surface area (Å²) >= 11 is 0. The minimum absolute atomic E-state index is 0.0210. The van der Waals surface area contributed by atoms with E-state index < -0.39 is 0 Å². The maximum Gasteiger partial charge on any atom is 0.223 e. The molecule has 0 spiro atoms. The Kier molecular flexibility index (Phi) is 4.88. The van der Waals surface area contributed by atoms with Crippen LogP contribution in [0.2, 0.25) is 0 Å². The zero-order chi connectivity index (χ0) is 15.6. The number of amides is 1. The van der Waals surface area contributed by atoms with Crippen LogP contribution in [0.5, 0.6) is 5.75 Å². The molecule has 4 nitrogen and oxygen atoms in total. The summed E-state index contributed by atoms with van der Waals surface area (Å²) in [7, 11) is 1.66. The van der Waals surface area contributed by atoms with Gasteiger partial charge in [-0.05, 0) is 36.5 Å². The van der Waals surface area contributed by atoms with Crippen molar-refractivity contribution in [2.75, 3.05) is 13.7 Å². The molecule has 0 aromatic heterocycles. The zero-order valence-electron chi connectivity index (χ0n) is 13.4. The van der Waals surface area contributed by atoms with E-state index in [1.807, 2.05) is 24.0 Å². The van der Waals surface area contributed by atoms with Crippen LogP contribution in [0.25, 0.3) is 0 Å². The van der Waals surface area contributed by atoms with Crippen LogP contribution in [-0.4, -0.2) is 24.5 Å². The van der Waals surface area contributed by atoms with Crippen LogP contribution in [0, 0.1) is 11.8 Å². The molecule has 1 amide bonds. The van der Waals surface area contributed by atoms with Crippen molar-refractivity contribution >= 4 is 5.91 Å². The van der Waals surface area contributed by atoms with Crippen LogP contribution in [0.1, 0.15) is 44.4 Å². The van der Waals surface area contributed by atoms with Crippen LogP contribution in [0.3, 0.4) is 0 Å². The Morgan fingerprint density at radius 3 is 2.62 bits per heavy atom. The smallest absolute Gasteiger partial charge is 0.223 e. The number of benzene rings is 1. The zero-order valence-corrected chi connectivity index (χ0v) is 13.4. The molecule has 0 radical (unpaired) electrons. The highest BCUT2D eigenvalue weighted by atomic mass is 16.5. The molecule has 2 atom stereocenters. The van der Waals surface area contributed by atoms with Gasteiger partial charge in [0, 0.05) is 31.1 Å². The first kappa shape index (κ1) is 15.8. The molecule has 1 saturated heterocycles. The number of nitrogens with two attached hydrogens (primary N) is 1. The average molecular weight is 290 g/mol. The maximum absolute atomic E-state index is 12.2. The van der Waals surface area contributed by atoms with E-state index in [1.54, 1.807) is 7.11 Å². The average Bonchev–Trinajstić information content (AvgIpc) is 2.80. The van der Waals surface area contributed by atoms with Gasteiger partial charge in [-0.2, -0.15) is 0 Å². The highest BCUT2D eigenvalue weighted by Gasteiger charge is 2.31. The van der Waals surface area contributed by atoms with Gasteiger partial charge in [0.05, 0.1) is 7.11 Å². The van der Waals surface area contributed by atoms with E-state index in [-0.39, 0.29) is 11.9 Å². The summed E-state index contributed by atoms with van der Waals surface area (Å²) in [5.74, 6) is 2.05. The van der Waals surface area contributed by atoms with Gasteiger partial charge in [0.1, 0.15) is 5.75 Å². The lowest BCUT2D eigenvalue weighted by Gasteiger charge is -2.20. The first-order valence-corrected chi connectivity index (χ1v) is 7.62. The van der Waals surface area contributed by atoms with Crippen molar-refractivity contribution in [2.45, 2.75) is 39.8 Å². The second kappa shape index (κ2) is 6.48. The molecular formula is C17H26N2O2. The van der Waals surface area contributed by atoms with Crippen molar-refractivity contribution < 1.29 is 9.53 Å². The predicted octanol–water partition coefficient (Wildman–Crippen LogP) is 2.72. The van der Waals surface area contributed by atoms with E-state index in [2.05, 4.69) is 19.9 Å². The Bertz CT molecular complexity index is 512. The third-order valence-corrected chi connectivity index (χ3v) is 4.38. The third kappa shape index (κ3) is 3.56. The summed E-state index contributed by atoms with van der Waals surface area (Å²) in [5, 5.41) is 0. The van der Waals surface area contributed by atoms with Crippen LogP contribution in [0.15, 0.2) is 18.2 Å². The molecule has 21 heavy (non-hydrogen) atoms. The number of rotatable bonds is 5. The van der Waals surface area contributed by atoms with Gasteiger partial charge >= 0.3 is 0 Å². The Morgan fingerprint density at radius 1 is 1.38 bits per heavy atom. The summed E-state index contributed by atoms with van der Waals surface area (Å²) in [6.07, 6.45) is 0.660. The first-order valence-electron chi connectivity index (χ1n) is 7.62. The molecule has 1 aromatic rings. The Labute approximate surface area is 127 Å². The molecule has 0 aliphatic carbocycles. The molecule has 4 heteroatoms. The van der Waals surface area contributed by atoms with Crippen molar-refractivity contribution in [3.63, 3.8) is 0 Å². The van der Waals surface area contributed by atoms with Gasteiger partial charge in [-0.15, -0.1) is 0 Å². The number of ether oxygens (including phenoxy) is 1. The number of methoxy groups -OCH3 is 1. The van der Waals surface area contributed by atoms with Crippen molar-refractivity contribution in [3.05, 3.63) is 29.3 Å². The quantitative estimate of drug-likeness (QED) is 0.907. The molecular weight excluding hydrogens is 264 g/mol. The van der Waals surface area contributed by atoms with Crippen LogP contribution < -0.4 is 10.5 Å². The fourth-order valence-corrected chi connectivity index (χ4v) is 2.81. The van der Waals surface area contributed by atoms with E-state index in [0.29, 0.717) is 24.8 Å². The maximum atomic E-state index is 12.2. The van der Waals surface area contributed by atoms with Crippen molar-refractivity contribution in [1.29, 1.82) is 0 Å². The van der Waals surface area contributed by atoms with E-state index in [4.69, 9.17) is 10.5 Å². The number of carbonyl (C=O) groups is 1. The van der Waals surface area contributed by atoms with Gasteiger partial charge < -0.3 is 15.4 Å². The van der Waals surface area contributed by atoms with Crippen molar-refractivity contribution in [3.8, 4) is 5.75 Å². The van der Waals surface area contributed by atoms with Crippen LogP contribution >= 0.6 is 0 Å². The predicted molar refractivity (Wildman–Crippen MR) is 84.0 cm³/mol. The van der Waals surface area contributed by atoms with Crippen molar-refractivity contribution in [2.24, 2.45) is 17.6 Å². The summed E-state index contributed by atoms with van der Waals surface area (Å²) < 4.78 is 5.42. The molecule has 116 valence electrons. The number of hydrogen-bond donors (Lipinski definition) is 1. The number of nitrogens with zero attached hydrogens (tertiary/aromatic N) is 1. The largest absolute Gasteiger partial charge is 0.496 e. The Hall–Kier alpha value is -1.55. The van der Waals surface area contributed by atoms with Gasteiger partial charge in [0.15, 0.2) is 0 Å².